The second-order valence-electron chi connectivity index (χ2n) is 6.11. The molecule has 0 amide bonds. The summed E-state index contributed by atoms with van der Waals surface area (Å²) in [6.07, 6.45) is 1.25. The van der Waals surface area contributed by atoms with Gasteiger partial charge >= 0.3 is 0 Å². The fraction of sp³-hybridized carbons (Fsp3) is 0.200. The van der Waals surface area contributed by atoms with E-state index in [1.165, 1.54) is 9.79 Å². The number of fused-ring (bicyclic) bond motifs is 2. The Morgan fingerprint density at radius 2 is 1.64 bits per heavy atom. The minimum Gasteiger partial charge on any atom is -0.463 e. The highest BCUT2D eigenvalue weighted by Gasteiger charge is 2.25. The Bertz CT molecular complexity index is 790. The van der Waals surface area contributed by atoms with E-state index in [1.807, 2.05) is 12.1 Å². The number of hydrogen-bond donors (Lipinski definition) is 2. The summed E-state index contributed by atoms with van der Waals surface area (Å²) in [5.74, 6) is 0.928. The second-order valence-corrected chi connectivity index (χ2v) is 7.19. The Kier molecular flexibility index (Phi) is 4.78. The Morgan fingerprint density at radius 3 is 2.28 bits per heavy atom. The van der Waals surface area contributed by atoms with Crippen LogP contribution in [0.15, 0.2) is 81.1 Å². The summed E-state index contributed by atoms with van der Waals surface area (Å²) >= 11 is 1.79. The normalized spacial score (nSPS) is 14.0. The van der Waals surface area contributed by atoms with Crippen molar-refractivity contribution in [2.45, 2.75) is 22.4 Å². The third-order valence-corrected chi connectivity index (χ3v) is 5.42. The highest BCUT2D eigenvalue weighted by molar-refractivity contribution is 7.99. The first kappa shape index (κ1) is 16.3. The fourth-order valence-corrected chi connectivity index (χ4v) is 4.21. The molecule has 0 fully saturated rings. The summed E-state index contributed by atoms with van der Waals surface area (Å²) < 4.78 is 5.33. The maximum atomic E-state index is 10.6. The molecule has 1 aliphatic heterocycles. The SMILES string of the molecule is O[C@H](C[NH2+]Cc1ccco1)CN1c2ccccc2Sc2ccccc21. The van der Waals surface area contributed by atoms with Crippen LogP contribution in [0.25, 0.3) is 0 Å². The smallest absolute Gasteiger partial charge is 0.157 e. The Balaban J connectivity index is 1.47. The maximum absolute atomic E-state index is 10.6. The van der Waals surface area contributed by atoms with Gasteiger partial charge in [0.15, 0.2) is 5.76 Å². The molecule has 5 heteroatoms. The zero-order valence-corrected chi connectivity index (χ0v) is 14.7. The van der Waals surface area contributed by atoms with Gasteiger partial charge in [-0.15, -0.1) is 0 Å². The number of para-hydroxylation sites is 2. The van der Waals surface area contributed by atoms with Crippen LogP contribution in [0.4, 0.5) is 11.4 Å². The molecule has 0 unspecified atom stereocenters. The number of aliphatic hydroxyl groups excluding tert-OH is 1. The summed E-state index contributed by atoms with van der Waals surface area (Å²) in [6, 6.07) is 20.6. The average Bonchev–Trinajstić information content (AvgIpc) is 3.15. The van der Waals surface area contributed by atoms with E-state index < -0.39 is 6.10 Å². The lowest BCUT2D eigenvalue weighted by Gasteiger charge is -2.33. The number of rotatable bonds is 6. The van der Waals surface area contributed by atoms with E-state index in [9.17, 15) is 5.11 Å². The maximum Gasteiger partial charge on any atom is 0.157 e. The molecule has 0 saturated carbocycles. The molecule has 1 aromatic heterocycles. The van der Waals surface area contributed by atoms with E-state index in [2.05, 4.69) is 58.7 Å². The first-order valence-electron chi connectivity index (χ1n) is 8.47. The predicted octanol–water partition coefficient (Wildman–Crippen LogP) is 3.01. The van der Waals surface area contributed by atoms with E-state index >= 15 is 0 Å². The molecule has 4 rings (SSSR count). The topological polar surface area (TPSA) is 53.2 Å². The van der Waals surface area contributed by atoms with Gasteiger partial charge in [0.25, 0.3) is 0 Å². The number of aliphatic hydroxyl groups is 1. The standard InChI is InChI=1S/C20H20N2O2S/c23-15(12-21-13-16-6-5-11-24-16)14-22-17-7-1-3-9-19(17)25-20-10-4-2-8-18(20)22/h1-11,15,21,23H,12-14H2/p+1/t15-/m1/s1. The van der Waals surface area contributed by atoms with Crippen molar-refractivity contribution >= 4 is 23.1 Å². The fourth-order valence-electron chi connectivity index (χ4n) is 3.11. The van der Waals surface area contributed by atoms with Gasteiger partial charge in [0.05, 0.1) is 24.2 Å². The van der Waals surface area contributed by atoms with Crippen molar-refractivity contribution < 1.29 is 14.8 Å². The number of hydrogen-bond acceptors (Lipinski definition) is 4. The van der Waals surface area contributed by atoms with E-state index in [-0.39, 0.29) is 0 Å². The molecule has 2 aromatic carbocycles. The number of anilines is 2. The molecule has 3 N–H and O–H groups in total. The van der Waals surface area contributed by atoms with Crippen LogP contribution in [0.3, 0.4) is 0 Å². The molecule has 4 nitrogen and oxygen atoms in total. The van der Waals surface area contributed by atoms with Gasteiger partial charge in [0, 0.05) is 9.79 Å². The van der Waals surface area contributed by atoms with E-state index in [0.29, 0.717) is 13.1 Å². The number of nitrogens with zero attached hydrogens (tertiary/aromatic N) is 1. The highest BCUT2D eigenvalue weighted by atomic mass is 32.2. The molecule has 0 bridgehead atoms. The zero-order chi connectivity index (χ0) is 17.1. The first-order valence-corrected chi connectivity index (χ1v) is 9.28. The van der Waals surface area contributed by atoms with Crippen LogP contribution in [0.5, 0.6) is 0 Å². The van der Waals surface area contributed by atoms with Crippen LogP contribution in [0.1, 0.15) is 5.76 Å². The summed E-state index contributed by atoms with van der Waals surface area (Å²) in [5, 5.41) is 12.7. The van der Waals surface area contributed by atoms with Gasteiger partial charge in [-0.1, -0.05) is 36.0 Å². The largest absolute Gasteiger partial charge is 0.463 e. The van der Waals surface area contributed by atoms with Crippen molar-refractivity contribution in [2.75, 3.05) is 18.0 Å². The van der Waals surface area contributed by atoms with Crippen molar-refractivity contribution in [3.05, 3.63) is 72.7 Å². The quantitative estimate of drug-likeness (QED) is 0.715. The average molecular weight is 353 g/mol. The number of furan rings is 1. The Morgan fingerprint density at radius 1 is 0.960 bits per heavy atom. The van der Waals surface area contributed by atoms with Gasteiger partial charge in [-0.05, 0) is 36.4 Å². The van der Waals surface area contributed by atoms with Gasteiger partial charge in [0.1, 0.15) is 19.2 Å². The van der Waals surface area contributed by atoms with Crippen molar-refractivity contribution in [1.29, 1.82) is 0 Å². The number of nitrogens with two attached hydrogens (primary N) is 1. The van der Waals surface area contributed by atoms with Crippen molar-refractivity contribution in [3.63, 3.8) is 0 Å². The molecular formula is C20H21N2O2S+. The third-order valence-electron chi connectivity index (χ3n) is 4.29. The van der Waals surface area contributed by atoms with Crippen molar-refractivity contribution in [2.24, 2.45) is 0 Å². The predicted molar refractivity (Wildman–Crippen MR) is 99.2 cm³/mol. The molecule has 128 valence electrons. The molecule has 0 radical (unpaired) electrons. The monoisotopic (exact) mass is 353 g/mol. The molecule has 25 heavy (non-hydrogen) atoms. The molecular weight excluding hydrogens is 332 g/mol. The number of benzene rings is 2. The van der Waals surface area contributed by atoms with Gasteiger partial charge in [-0.25, -0.2) is 0 Å². The van der Waals surface area contributed by atoms with Crippen LogP contribution in [-0.2, 0) is 6.54 Å². The highest BCUT2D eigenvalue weighted by Crippen LogP contribution is 2.47. The van der Waals surface area contributed by atoms with Gasteiger partial charge in [-0.3, -0.25) is 0 Å². The van der Waals surface area contributed by atoms with Crippen LogP contribution in [0, 0.1) is 0 Å². The summed E-state index contributed by atoms with van der Waals surface area (Å²) in [4.78, 5) is 4.69. The Labute approximate surface area is 151 Å². The number of β-amino-alcohol motifs (C(OH)–C–C–N with tert-alkyl or cyclic N) is 1. The van der Waals surface area contributed by atoms with E-state index in [0.717, 1.165) is 23.7 Å². The minimum atomic E-state index is -0.431. The van der Waals surface area contributed by atoms with Crippen LogP contribution >= 0.6 is 11.8 Å². The lowest BCUT2D eigenvalue weighted by molar-refractivity contribution is -0.677. The zero-order valence-electron chi connectivity index (χ0n) is 13.8. The third kappa shape index (κ3) is 3.58. The minimum absolute atomic E-state index is 0.431. The molecule has 1 aliphatic rings. The van der Waals surface area contributed by atoms with Crippen molar-refractivity contribution in [3.8, 4) is 0 Å². The second kappa shape index (κ2) is 7.35. The summed E-state index contributed by atoms with van der Waals surface area (Å²) in [5.41, 5.74) is 2.33. The first-order chi connectivity index (χ1) is 12.3. The summed E-state index contributed by atoms with van der Waals surface area (Å²) in [6.45, 7) is 1.95. The van der Waals surface area contributed by atoms with Crippen LogP contribution in [0.2, 0.25) is 0 Å². The molecule has 2 heterocycles. The molecule has 1 atom stereocenters. The van der Waals surface area contributed by atoms with Crippen LogP contribution in [-0.4, -0.2) is 24.3 Å². The molecule has 0 saturated heterocycles. The lowest BCUT2D eigenvalue weighted by Crippen LogP contribution is -2.85. The summed E-state index contributed by atoms with van der Waals surface area (Å²) in [7, 11) is 0. The lowest BCUT2D eigenvalue weighted by atomic mass is 10.2. The van der Waals surface area contributed by atoms with Gasteiger partial charge < -0.3 is 19.7 Å². The van der Waals surface area contributed by atoms with Crippen molar-refractivity contribution in [1.82, 2.24) is 0 Å². The molecule has 0 aliphatic carbocycles. The van der Waals surface area contributed by atoms with Crippen LogP contribution < -0.4 is 10.2 Å². The van der Waals surface area contributed by atoms with Gasteiger partial charge in [0.2, 0.25) is 0 Å². The Hall–Kier alpha value is -2.21. The molecule has 3 aromatic rings. The van der Waals surface area contributed by atoms with E-state index in [1.54, 1.807) is 18.0 Å². The van der Waals surface area contributed by atoms with Gasteiger partial charge in [-0.2, -0.15) is 0 Å². The van der Waals surface area contributed by atoms with E-state index in [4.69, 9.17) is 4.42 Å². The molecule has 0 spiro atoms. The number of quaternary nitrogens is 1.